The molecule has 1 amide bonds. The Morgan fingerprint density at radius 3 is 2.43 bits per heavy atom. The average Bonchev–Trinajstić information content (AvgIpc) is 2.46. The fourth-order valence-corrected chi connectivity index (χ4v) is 1.93. The Kier molecular flexibility index (Phi) is 6.52. The summed E-state index contributed by atoms with van der Waals surface area (Å²) in [4.78, 5) is 23.0. The van der Waals surface area contributed by atoms with Gasteiger partial charge in [0.1, 0.15) is 0 Å². The smallest absolute Gasteiger partial charge is 0.335 e. The van der Waals surface area contributed by atoms with Crippen LogP contribution >= 0.6 is 0 Å². The van der Waals surface area contributed by atoms with Crippen molar-refractivity contribution < 1.29 is 24.2 Å². The number of hydrogen-bond acceptors (Lipinski definition) is 4. The van der Waals surface area contributed by atoms with Crippen molar-refractivity contribution in [3.05, 3.63) is 17.7 Å². The van der Waals surface area contributed by atoms with Crippen molar-refractivity contribution in [3.8, 4) is 11.5 Å². The maximum absolute atomic E-state index is 11.9. The lowest BCUT2D eigenvalue weighted by atomic mass is 10.1. The van der Waals surface area contributed by atoms with E-state index < -0.39 is 5.97 Å². The zero-order valence-electron chi connectivity index (χ0n) is 12.6. The molecule has 0 heterocycles. The van der Waals surface area contributed by atoms with Gasteiger partial charge in [-0.1, -0.05) is 19.8 Å². The SMILES string of the molecule is CCCCCC(=O)Nc1cc(C(=O)O)cc(OC)c1OC. The molecule has 0 saturated heterocycles. The van der Waals surface area contributed by atoms with Crippen LogP contribution in [0.2, 0.25) is 0 Å². The molecule has 0 aliphatic heterocycles. The summed E-state index contributed by atoms with van der Waals surface area (Å²) in [7, 11) is 2.85. The minimum absolute atomic E-state index is 0.0245. The number of carboxylic acids is 1. The van der Waals surface area contributed by atoms with Gasteiger partial charge in [-0.3, -0.25) is 4.79 Å². The highest BCUT2D eigenvalue weighted by Gasteiger charge is 2.17. The predicted octanol–water partition coefficient (Wildman–Crippen LogP) is 2.92. The van der Waals surface area contributed by atoms with E-state index in [1.54, 1.807) is 0 Å². The molecular weight excluding hydrogens is 274 g/mol. The van der Waals surface area contributed by atoms with Crippen LogP contribution < -0.4 is 14.8 Å². The summed E-state index contributed by atoms with van der Waals surface area (Å²) >= 11 is 0. The third-order valence-electron chi connectivity index (χ3n) is 3.01. The van der Waals surface area contributed by atoms with Crippen molar-refractivity contribution >= 4 is 17.6 Å². The molecule has 0 radical (unpaired) electrons. The molecule has 0 spiro atoms. The minimum atomic E-state index is -1.10. The Balaban J connectivity index is 3.00. The summed E-state index contributed by atoms with van der Waals surface area (Å²) in [6, 6.07) is 2.72. The summed E-state index contributed by atoms with van der Waals surface area (Å²) in [5.41, 5.74) is 0.326. The third-order valence-corrected chi connectivity index (χ3v) is 3.01. The molecule has 0 bridgehead atoms. The first kappa shape index (κ1) is 16.8. The summed E-state index contributed by atoms with van der Waals surface area (Å²) in [6.45, 7) is 2.06. The van der Waals surface area contributed by atoms with Gasteiger partial charge < -0.3 is 19.9 Å². The monoisotopic (exact) mass is 295 g/mol. The zero-order valence-corrected chi connectivity index (χ0v) is 12.6. The summed E-state index contributed by atoms with van der Waals surface area (Å²) < 4.78 is 10.3. The predicted molar refractivity (Wildman–Crippen MR) is 79.3 cm³/mol. The maximum atomic E-state index is 11.9. The molecule has 0 aromatic heterocycles. The molecule has 0 unspecified atom stereocenters. The molecule has 116 valence electrons. The number of ether oxygens (including phenoxy) is 2. The van der Waals surface area contributed by atoms with E-state index in [9.17, 15) is 9.59 Å². The second-order valence-corrected chi connectivity index (χ2v) is 4.57. The molecule has 1 aromatic carbocycles. The van der Waals surface area contributed by atoms with Crippen LogP contribution in [0.25, 0.3) is 0 Å². The normalized spacial score (nSPS) is 10.0. The molecule has 6 nitrogen and oxygen atoms in total. The number of unbranched alkanes of at least 4 members (excludes halogenated alkanes) is 2. The maximum Gasteiger partial charge on any atom is 0.335 e. The lowest BCUT2D eigenvalue weighted by Crippen LogP contribution is -2.13. The molecule has 0 fully saturated rings. The quantitative estimate of drug-likeness (QED) is 0.720. The van der Waals surface area contributed by atoms with Gasteiger partial charge in [-0.15, -0.1) is 0 Å². The molecular formula is C15H21NO5. The van der Waals surface area contributed by atoms with Gasteiger partial charge in [0, 0.05) is 6.42 Å². The van der Waals surface area contributed by atoms with Gasteiger partial charge in [0.05, 0.1) is 25.5 Å². The fraction of sp³-hybridized carbons (Fsp3) is 0.467. The van der Waals surface area contributed by atoms with E-state index in [0.29, 0.717) is 17.9 Å². The number of aromatic carboxylic acids is 1. The Labute approximate surface area is 124 Å². The van der Waals surface area contributed by atoms with Crippen molar-refractivity contribution in [2.24, 2.45) is 0 Å². The van der Waals surface area contributed by atoms with E-state index >= 15 is 0 Å². The molecule has 2 N–H and O–H groups in total. The number of nitrogens with one attached hydrogen (secondary N) is 1. The van der Waals surface area contributed by atoms with Gasteiger partial charge in [0.2, 0.25) is 5.91 Å². The zero-order chi connectivity index (χ0) is 15.8. The highest BCUT2D eigenvalue weighted by atomic mass is 16.5. The van der Waals surface area contributed by atoms with E-state index in [2.05, 4.69) is 12.2 Å². The Bertz CT molecular complexity index is 513. The van der Waals surface area contributed by atoms with Crippen molar-refractivity contribution in [1.82, 2.24) is 0 Å². The van der Waals surface area contributed by atoms with Crippen LogP contribution in [-0.2, 0) is 4.79 Å². The molecule has 0 aliphatic rings. The van der Waals surface area contributed by atoms with Gasteiger partial charge in [0.25, 0.3) is 0 Å². The van der Waals surface area contributed by atoms with Crippen molar-refractivity contribution in [1.29, 1.82) is 0 Å². The summed E-state index contributed by atoms with van der Waals surface area (Å²) in [5.74, 6) is -0.698. The van der Waals surface area contributed by atoms with Crippen LogP contribution in [-0.4, -0.2) is 31.2 Å². The van der Waals surface area contributed by atoms with Gasteiger partial charge in [0.15, 0.2) is 11.5 Å². The number of carbonyl (C=O) groups excluding carboxylic acids is 1. The highest BCUT2D eigenvalue weighted by Crippen LogP contribution is 2.36. The van der Waals surface area contributed by atoms with Crippen LogP contribution in [0.15, 0.2) is 12.1 Å². The summed E-state index contributed by atoms with van der Waals surface area (Å²) in [5, 5.41) is 11.8. The standard InChI is InChI=1S/C15H21NO5/c1-4-5-6-7-13(17)16-11-8-10(15(18)19)9-12(20-2)14(11)21-3/h8-9H,4-7H2,1-3H3,(H,16,17)(H,18,19). The van der Waals surface area contributed by atoms with Crippen LogP contribution in [0, 0.1) is 0 Å². The number of anilines is 1. The highest BCUT2D eigenvalue weighted by molar-refractivity contribution is 5.96. The lowest BCUT2D eigenvalue weighted by Gasteiger charge is -2.14. The number of rotatable bonds is 8. The number of amides is 1. The van der Waals surface area contributed by atoms with Crippen LogP contribution in [0.4, 0.5) is 5.69 Å². The lowest BCUT2D eigenvalue weighted by molar-refractivity contribution is -0.116. The first-order valence-corrected chi connectivity index (χ1v) is 6.82. The second kappa shape index (κ2) is 8.14. The van der Waals surface area contributed by atoms with Gasteiger partial charge >= 0.3 is 5.97 Å². The van der Waals surface area contributed by atoms with E-state index in [0.717, 1.165) is 19.3 Å². The molecule has 1 aromatic rings. The Morgan fingerprint density at radius 2 is 1.90 bits per heavy atom. The van der Waals surface area contributed by atoms with Gasteiger partial charge in [-0.05, 0) is 18.6 Å². The third kappa shape index (κ3) is 4.66. The minimum Gasteiger partial charge on any atom is -0.493 e. The number of benzene rings is 1. The van der Waals surface area contributed by atoms with Crippen molar-refractivity contribution in [2.45, 2.75) is 32.6 Å². The first-order chi connectivity index (χ1) is 10.0. The average molecular weight is 295 g/mol. The number of carbonyl (C=O) groups is 2. The topological polar surface area (TPSA) is 84.9 Å². The molecule has 0 saturated carbocycles. The fourth-order valence-electron chi connectivity index (χ4n) is 1.93. The largest absolute Gasteiger partial charge is 0.493 e. The Hall–Kier alpha value is -2.24. The van der Waals surface area contributed by atoms with Crippen molar-refractivity contribution in [3.63, 3.8) is 0 Å². The number of carboxylic acid groups (broad SMARTS) is 1. The molecule has 6 heteroatoms. The van der Waals surface area contributed by atoms with Crippen LogP contribution in [0.3, 0.4) is 0 Å². The molecule has 21 heavy (non-hydrogen) atoms. The van der Waals surface area contributed by atoms with Crippen LogP contribution in [0.5, 0.6) is 11.5 Å². The Morgan fingerprint density at radius 1 is 1.19 bits per heavy atom. The molecule has 0 aliphatic carbocycles. The first-order valence-electron chi connectivity index (χ1n) is 6.82. The molecule has 1 rings (SSSR count). The molecule has 0 atom stereocenters. The van der Waals surface area contributed by atoms with E-state index in [4.69, 9.17) is 14.6 Å². The van der Waals surface area contributed by atoms with E-state index in [1.165, 1.54) is 26.4 Å². The van der Waals surface area contributed by atoms with E-state index in [1.807, 2.05) is 0 Å². The number of methoxy groups -OCH3 is 2. The van der Waals surface area contributed by atoms with Crippen LogP contribution in [0.1, 0.15) is 43.0 Å². The number of hydrogen-bond donors (Lipinski definition) is 2. The van der Waals surface area contributed by atoms with E-state index in [-0.39, 0.29) is 17.2 Å². The summed E-state index contributed by atoms with van der Waals surface area (Å²) in [6.07, 6.45) is 3.18. The van der Waals surface area contributed by atoms with Crippen molar-refractivity contribution in [2.75, 3.05) is 19.5 Å². The second-order valence-electron chi connectivity index (χ2n) is 4.57. The van der Waals surface area contributed by atoms with Gasteiger partial charge in [-0.2, -0.15) is 0 Å². The van der Waals surface area contributed by atoms with Gasteiger partial charge in [-0.25, -0.2) is 4.79 Å².